The second-order valence-corrected chi connectivity index (χ2v) is 4.14. The van der Waals surface area contributed by atoms with Crippen molar-refractivity contribution >= 4 is 27.3 Å². The fraction of sp³-hybridized carbons (Fsp3) is 0.400. The normalized spacial score (nSPS) is 14.9. The van der Waals surface area contributed by atoms with Crippen LogP contribution in [-0.2, 0) is 0 Å². The third kappa shape index (κ3) is 1.59. The molecule has 0 aliphatic carbocycles. The minimum atomic E-state index is -0.214. The van der Waals surface area contributed by atoms with E-state index in [1.807, 2.05) is 6.07 Å². The molecule has 1 aliphatic rings. The fourth-order valence-electron chi connectivity index (χ4n) is 1.71. The number of hydrogen-bond acceptors (Lipinski definition) is 2. The van der Waals surface area contributed by atoms with Crippen LogP contribution in [0.4, 0.5) is 15.8 Å². The zero-order valence-electron chi connectivity index (χ0n) is 7.98. The first-order valence-electron chi connectivity index (χ1n) is 4.70. The van der Waals surface area contributed by atoms with E-state index in [0.717, 1.165) is 31.0 Å². The molecular formula is C10H12BrFN2. The lowest BCUT2D eigenvalue weighted by Crippen LogP contribution is -2.33. The molecule has 0 unspecified atom stereocenters. The van der Waals surface area contributed by atoms with E-state index < -0.39 is 0 Å². The Labute approximate surface area is 91.2 Å². The Hall–Kier alpha value is -0.770. The molecular weight excluding hydrogens is 247 g/mol. The van der Waals surface area contributed by atoms with Crippen LogP contribution in [0.25, 0.3) is 0 Å². The third-order valence-electron chi connectivity index (χ3n) is 2.46. The smallest absolute Gasteiger partial charge is 0.139 e. The van der Waals surface area contributed by atoms with Gasteiger partial charge in [0.1, 0.15) is 5.82 Å². The van der Waals surface area contributed by atoms with Gasteiger partial charge in [-0.15, -0.1) is 0 Å². The van der Waals surface area contributed by atoms with Crippen molar-refractivity contribution in [2.24, 2.45) is 0 Å². The number of anilines is 2. The topological polar surface area (TPSA) is 15.3 Å². The Morgan fingerprint density at radius 1 is 1.57 bits per heavy atom. The Morgan fingerprint density at radius 2 is 2.36 bits per heavy atom. The molecule has 0 saturated heterocycles. The summed E-state index contributed by atoms with van der Waals surface area (Å²) in [6.45, 7) is 4.91. The number of nitrogens with one attached hydrogen (secondary N) is 1. The average molecular weight is 259 g/mol. The number of likely N-dealkylation sites (N-methyl/N-ethyl adjacent to an activating group) is 1. The van der Waals surface area contributed by atoms with E-state index in [1.54, 1.807) is 6.07 Å². The minimum absolute atomic E-state index is 0.214. The number of rotatable bonds is 1. The first-order valence-corrected chi connectivity index (χ1v) is 5.49. The van der Waals surface area contributed by atoms with Gasteiger partial charge in [0.05, 0.1) is 15.8 Å². The minimum Gasteiger partial charge on any atom is -0.382 e. The van der Waals surface area contributed by atoms with Gasteiger partial charge < -0.3 is 10.2 Å². The number of fused-ring (bicyclic) bond motifs is 1. The molecule has 1 aromatic carbocycles. The Morgan fingerprint density at radius 3 is 3.07 bits per heavy atom. The van der Waals surface area contributed by atoms with Crippen LogP contribution < -0.4 is 10.2 Å². The van der Waals surface area contributed by atoms with E-state index in [-0.39, 0.29) is 5.82 Å². The van der Waals surface area contributed by atoms with Crippen LogP contribution in [0.5, 0.6) is 0 Å². The molecule has 0 saturated carbocycles. The maximum absolute atomic E-state index is 13.2. The predicted octanol–water partition coefficient (Wildman–Crippen LogP) is 2.84. The van der Waals surface area contributed by atoms with Gasteiger partial charge in [-0.1, -0.05) is 0 Å². The van der Waals surface area contributed by atoms with Gasteiger partial charge in [-0.25, -0.2) is 4.39 Å². The van der Waals surface area contributed by atoms with Gasteiger partial charge in [0.15, 0.2) is 0 Å². The SMILES string of the molecule is CCN1CCNc2cc(F)c(Br)cc21. The maximum atomic E-state index is 13.2. The summed E-state index contributed by atoms with van der Waals surface area (Å²) in [6.07, 6.45) is 0. The Kier molecular flexibility index (Phi) is 2.63. The maximum Gasteiger partial charge on any atom is 0.139 e. The van der Waals surface area contributed by atoms with Crippen LogP contribution >= 0.6 is 15.9 Å². The van der Waals surface area contributed by atoms with E-state index in [0.29, 0.717) is 4.47 Å². The first-order chi connectivity index (χ1) is 6.72. The van der Waals surface area contributed by atoms with Crippen LogP contribution in [0.2, 0.25) is 0 Å². The van der Waals surface area contributed by atoms with Crippen LogP contribution in [0.3, 0.4) is 0 Å². The molecule has 14 heavy (non-hydrogen) atoms. The lowest BCUT2D eigenvalue weighted by atomic mass is 10.2. The molecule has 0 radical (unpaired) electrons. The number of hydrogen-bond donors (Lipinski definition) is 1. The Balaban J connectivity index is 2.47. The zero-order chi connectivity index (χ0) is 10.1. The van der Waals surface area contributed by atoms with Gasteiger partial charge in [0, 0.05) is 25.7 Å². The number of nitrogens with zero attached hydrogens (tertiary/aromatic N) is 1. The van der Waals surface area contributed by atoms with E-state index in [9.17, 15) is 4.39 Å². The molecule has 1 aromatic rings. The zero-order valence-corrected chi connectivity index (χ0v) is 9.57. The highest BCUT2D eigenvalue weighted by Crippen LogP contribution is 2.33. The van der Waals surface area contributed by atoms with Crippen molar-refractivity contribution in [2.75, 3.05) is 29.9 Å². The monoisotopic (exact) mass is 258 g/mol. The molecule has 2 rings (SSSR count). The highest BCUT2D eigenvalue weighted by atomic mass is 79.9. The van der Waals surface area contributed by atoms with Gasteiger partial charge in [-0.05, 0) is 28.9 Å². The highest BCUT2D eigenvalue weighted by molar-refractivity contribution is 9.10. The standard InChI is InChI=1S/C10H12BrFN2/c1-2-14-4-3-13-9-6-8(12)7(11)5-10(9)14/h5-6,13H,2-4H2,1H3. The molecule has 0 bridgehead atoms. The second kappa shape index (κ2) is 3.77. The summed E-state index contributed by atoms with van der Waals surface area (Å²) < 4.78 is 13.8. The number of benzene rings is 1. The molecule has 0 amide bonds. The van der Waals surface area contributed by atoms with Crippen molar-refractivity contribution < 1.29 is 4.39 Å². The molecule has 0 fully saturated rings. The molecule has 1 heterocycles. The molecule has 2 nitrogen and oxygen atoms in total. The molecule has 1 N–H and O–H groups in total. The average Bonchev–Trinajstić information content (AvgIpc) is 2.19. The van der Waals surface area contributed by atoms with E-state index in [4.69, 9.17) is 0 Å². The van der Waals surface area contributed by atoms with Gasteiger partial charge in [-0.3, -0.25) is 0 Å². The van der Waals surface area contributed by atoms with Crippen LogP contribution in [0.15, 0.2) is 16.6 Å². The lowest BCUT2D eigenvalue weighted by molar-refractivity contribution is 0.620. The molecule has 76 valence electrons. The summed E-state index contributed by atoms with van der Waals surface area (Å²) in [6, 6.07) is 3.38. The quantitative estimate of drug-likeness (QED) is 0.834. The summed E-state index contributed by atoms with van der Waals surface area (Å²) in [5.74, 6) is -0.214. The molecule has 0 spiro atoms. The van der Waals surface area contributed by atoms with E-state index in [1.165, 1.54) is 0 Å². The fourth-order valence-corrected chi connectivity index (χ4v) is 2.05. The first kappa shape index (κ1) is 9.77. The molecule has 0 aromatic heterocycles. The summed E-state index contributed by atoms with van der Waals surface area (Å²) in [5, 5.41) is 3.19. The van der Waals surface area contributed by atoms with E-state index >= 15 is 0 Å². The second-order valence-electron chi connectivity index (χ2n) is 3.29. The molecule has 1 aliphatic heterocycles. The van der Waals surface area contributed by atoms with Crippen molar-refractivity contribution in [1.29, 1.82) is 0 Å². The lowest BCUT2D eigenvalue weighted by Gasteiger charge is -2.31. The van der Waals surface area contributed by atoms with Crippen molar-refractivity contribution in [3.05, 3.63) is 22.4 Å². The third-order valence-corrected chi connectivity index (χ3v) is 3.07. The van der Waals surface area contributed by atoms with Crippen LogP contribution in [0, 0.1) is 5.82 Å². The van der Waals surface area contributed by atoms with Gasteiger partial charge in [0.25, 0.3) is 0 Å². The summed E-state index contributed by atoms with van der Waals surface area (Å²) >= 11 is 3.20. The van der Waals surface area contributed by atoms with Crippen LogP contribution in [0.1, 0.15) is 6.92 Å². The van der Waals surface area contributed by atoms with E-state index in [2.05, 4.69) is 33.1 Å². The summed E-state index contributed by atoms with van der Waals surface area (Å²) in [5.41, 5.74) is 1.96. The Bertz CT molecular complexity index is 354. The van der Waals surface area contributed by atoms with Gasteiger partial charge >= 0.3 is 0 Å². The van der Waals surface area contributed by atoms with Crippen molar-refractivity contribution in [1.82, 2.24) is 0 Å². The van der Waals surface area contributed by atoms with Crippen molar-refractivity contribution in [2.45, 2.75) is 6.92 Å². The molecule has 4 heteroatoms. The van der Waals surface area contributed by atoms with Gasteiger partial charge in [-0.2, -0.15) is 0 Å². The highest BCUT2D eigenvalue weighted by Gasteiger charge is 2.16. The molecule has 0 atom stereocenters. The number of halogens is 2. The van der Waals surface area contributed by atoms with Crippen molar-refractivity contribution in [3.8, 4) is 0 Å². The van der Waals surface area contributed by atoms with Gasteiger partial charge in [0.2, 0.25) is 0 Å². The summed E-state index contributed by atoms with van der Waals surface area (Å²) in [7, 11) is 0. The summed E-state index contributed by atoms with van der Waals surface area (Å²) in [4.78, 5) is 2.23. The van der Waals surface area contributed by atoms with Crippen molar-refractivity contribution in [3.63, 3.8) is 0 Å². The van der Waals surface area contributed by atoms with Crippen LogP contribution in [-0.4, -0.2) is 19.6 Å². The largest absolute Gasteiger partial charge is 0.382 e. The predicted molar refractivity (Wildman–Crippen MR) is 60.5 cm³/mol.